The van der Waals surface area contributed by atoms with E-state index in [1.165, 1.54) is 5.56 Å². The minimum Gasteiger partial charge on any atom is -0.493 e. The molecule has 0 heterocycles. The molecule has 0 spiro atoms. The number of nitrogens with two attached hydrogens (primary N) is 1. The number of rotatable bonds is 7. The van der Waals surface area contributed by atoms with E-state index in [2.05, 4.69) is 31.3 Å². The maximum Gasteiger partial charge on any atom is 0.237 e. The van der Waals surface area contributed by atoms with E-state index >= 15 is 0 Å². The topological polar surface area (TPSA) is 64.3 Å². The Labute approximate surface area is 121 Å². The molecule has 0 aromatic heterocycles. The Morgan fingerprint density at radius 1 is 1.45 bits per heavy atom. The number of hydrogen-bond acceptors (Lipinski definition) is 3. The van der Waals surface area contributed by atoms with Gasteiger partial charge in [-0.05, 0) is 44.0 Å². The molecule has 1 unspecified atom stereocenters. The van der Waals surface area contributed by atoms with E-state index in [1.807, 2.05) is 13.0 Å². The van der Waals surface area contributed by atoms with Gasteiger partial charge in [-0.25, -0.2) is 0 Å². The fraction of sp³-hybridized carbons (Fsp3) is 0.562. The van der Waals surface area contributed by atoms with Gasteiger partial charge in [-0.2, -0.15) is 0 Å². The van der Waals surface area contributed by atoms with Crippen molar-refractivity contribution in [3.63, 3.8) is 0 Å². The van der Waals surface area contributed by atoms with Crippen molar-refractivity contribution < 1.29 is 9.53 Å². The molecule has 1 aromatic rings. The molecule has 0 radical (unpaired) electrons. The first-order valence-electron chi connectivity index (χ1n) is 7.02. The van der Waals surface area contributed by atoms with Gasteiger partial charge < -0.3 is 15.8 Å². The zero-order valence-electron chi connectivity index (χ0n) is 13.1. The van der Waals surface area contributed by atoms with Crippen molar-refractivity contribution in [3.05, 3.63) is 29.3 Å². The average molecular weight is 278 g/mol. The zero-order chi connectivity index (χ0) is 15.3. The molecule has 0 saturated carbocycles. The van der Waals surface area contributed by atoms with E-state index in [9.17, 15) is 4.79 Å². The van der Waals surface area contributed by atoms with Gasteiger partial charge >= 0.3 is 0 Å². The molecule has 0 fully saturated rings. The summed E-state index contributed by atoms with van der Waals surface area (Å²) in [5.74, 6) is 0.928. The minimum absolute atomic E-state index is 0.364. The van der Waals surface area contributed by atoms with Gasteiger partial charge in [-0.1, -0.05) is 26.0 Å². The summed E-state index contributed by atoms with van der Waals surface area (Å²) in [4.78, 5) is 11.4. The Morgan fingerprint density at radius 3 is 2.60 bits per heavy atom. The third kappa shape index (κ3) is 3.97. The molecule has 0 saturated heterocycles. The number of primary amides is 1. The second-order valence-corrected chi connectivity index (χ2v) is 5.74. The van der Waals surface area contributed by atoms with Gasteiger partial charge in [0.25, 0.3) is 0 Å². The van der Waals surface area contributed by atoms with Gasteiger partial charge in [0.1, 0.15) is 5.75 Å². The van der Waals surface area contributed by atoms with Crippen molar-refractivity contribution in [2.24, 2.45) is 5.73 Å². The maximum atomic E-state index is 11.4. The summed E-state index contributed by atoms with van der Waals surface area (Å²) in [6.45, 7) is 8.55. The first-order chi connectivity index (χ1) is 9.30. The highest BCUT2D eigenvalue weighted by Gasteiger charge is 2.28. The van der Waals surface area contributed by atoms with Crippen LogP contribution in [-0.4, -0.2) is 25.1 Å². The normalized spacial score (nSPS) is 14.1. The molecule has 0 bridgehead atoms. The molecule has 1 amide bonds. The summed E-state index contributed by atoms with van der Waals surface area (Å²) < 4.78 is 5.88. The quantitative estimate of drug-likeness (QED) is 0.804. The highest BCUT2D eigenvalue weighted by molar-refractivity contribution is 5.84. The molecule has 3 N–H and O–H groups in total. The van der Waals surface area contributed by atoms with Crippen LogP contribution < -0.4 is 15.8 Å². The van der Waals surface area contributed by atoms with Crippen LogP contribution in [-0.2, 0) is 4.79 Å². The first kappa shape index (κ1) is 16.5. The molecule has 1 atom stereocenters. The smallest absolute Gasteiger partial charge is 0.237 e. The molecule has 4 heteroatoms. The first-order valence-corrected chi connectivity index (χ1v) is 7.02. The SMILES string of the molecule is CNC(C)(CCOc1cc(C)ccc1C(C)C)C(N)=O. The molecule has 1 rings (SSSR count). The fourth-order valence-electron chi connectivity index (χ4n) is 1.98. The summed E-state index contributed by atoms with van der Waals surface area (Å²) >= 11 is 0. The summed E-state index contributed by atoms with van der Waals surface area (Å²) in [7, 11) is 1.73. The summed E-state index contributed by atoms with van der Waals surface area (Å²) in [6, 6.07) is 6.22. The van der Waals surface area contributed by atoms with E-state index in [-0.39, 0.29) is 5.91 Å². The van der Waals surface area contributed by atoms with Gasteiger partial charge in [-0.15, -0.1) is 0 Å². The lowest BCUT2D eigenvalue weighted by molar-refractivity contribution is -0.124. The maximum absolute atomic E-state index is 11.4. The monoisotopic (exact) mass is 278 g/mol. The van der Waals surface area contributed by atoms with Crippen molar-refractivity contribution >= 4 is 5.91 Å². The summed E-state index contributed by atoms with van der Waals surface area (Å²) in [5, 5.41) is 2.96. The molecule has 0 aliphatic carbocycles. The van der Waals surface area contributed by atoms with Gasteiger partial charge in [0, 0.05) is 6.42 Å². The van der Waals surface area contributed by atoms with Crippen LogP contribution in [0.25, 0.3) is 0 Å². The lowest BCUT2D eigenvalue weighted by atomic mass is 9.97. The second-order valence-electron chi connectivity index (χ2n) is 5.74. The molecule has 20 heavy (non-hydrogen) atoms. The standard InChI is InChI=1S/C16H26N2O2/c1-11(2)13-7-6-12(3)10-14(13)20-9-8-16(4,18-5)15(17)19/h6-7,10-11,18H,8-9H2,1-5H3,(H2,17,19). The molecular formula is C16H26N2O2. The highest BCUT2D eigenvalue weighted by Crippen LogP contribution is 2.27. The number of benzene rings is 1. The number of carbonyl (C=O) groups is 1. The Kier molecular flexibility index (Phi) is 5.57. The zero-order valence-corrected chi connectivity index (χ0v) is 13.1. The number of likely N-dealkylation sites (N-methyl/N-ethyl adjacent to an activating group) is 1. The van der Waals surface area contributed by atoms with Gasteiger partial charge in [0.05, 0.1) is 12.1 Å². The van der Waals surface area contributed by atoms with Crippen LogP contribution in [0.4, 0.5) is 0 Å². The van der Waals surface area contributed by atoms with E-state index in [0.717, 1.165) is 11.3 Å². The lowest BCUT2D eigenvalue weighted by Gasteiger charge is -2.25. The minimum atomic E-state index is -0.734. The Bertz CT molecular complexity index is 472. The number of aryl methyl sites for hydroxylation is 1. The van der Waals surface area contributed by atoms with Gasteiger partial charge in [0.2, 0.25) is 5.91 Å². The lowest BCUT2D eigenvalue weighted by Crippen LogP contribution is -2.52. The van der Waals surface area contributed by atoms with Crippen molar-refractivity contribution in [1.29, 1.82) is 0 Å². The van der Waals surface area contributed by atoms with Crippen molar-refractivity contribution in [2.75, 3.05) is 13.7 Å². The van der Waals surface area contributed by atoms with Crippen LogP contribution in [0.15, 0.2) is 18.2 Å². The second kappa shape index (κ2) is 6.75. The average Bonchev–Trinajstić information content (AvgIpc) is 2.38. The van der Waals surface area contributed by atoms with Crippen LogP contribution in [0.1, 0.15) is 44.2 Å². The van der Waals surface area contributed by atoms with Crippen molar-refractivity contribution in [3.8, 4) is 5.75 Å². The van der Waals surface area contributed by atoms with E-state index in [1.54, 1.807) is 14.0 Å². The molecule has 0 aliphatic rings. The van der Waals surface area contributed by atoms with Crippen molar-refractivity contribution in [2.45, 2.75) is 45.6 Å². The highest BCUT2D eigenvalue weighted by atomic mass is 16.5. The predicted molar refractivity (Wildman–Crippen MR) is 82.0 cm³/mol. The number of amides is 1. The number of ether oxygens (including phenoxy) is 1. The van der Waals surface area contributed by atoms with Gasteiger partial charge in [-0.3, -0.25) is 4.79 Å². The fourth-order valence-corrected chi connectivity index (χ4v) is 1.98. The van der Waals surface area contributed by atoms with Crippen LogP contribution in [0.2, 0.25) is 0 Å². The van der Waals surface area contributed by atoms with Crippen LogP contribution in [0, 0.1) is 6.92 Å². The Morgan fingerprint density at radius 2 is 2.10 bits per heavy atom. The third-order valence-electron chi connectivity index (χ3n) is 3.75. The predicted octanol–water partition coefficient (Wildman–Crippen LogP) is 2.35. The summed E-state index contributed by atoms with van der Waals surface area (Å²) in [5.41, 5.74) is 7.02. The Hall–Kier alpha value is -1.55. The summed E-state index contributed by atoms with van der Waals surface area (Å²) in [6.07, 6.45) is 0.532. The molecule has 0 aliphatic heterocycles. The molecular weight excluding hydrogens is 252 g/mol. The molecule has 112 valence electrons. The third-order valence-corrected chi connectivity index (χ3v) is 3.75. The van der Waals surface area contributed by atoms with Crippen LogP contribution in [0.5, 0.6) is 5.75 Å². The Balaban J connectivity index is 2.75. The number of carbonyl (C=O) groups excluding carboxylic acids is 1. The van der Waals surface area contributed by atoms with Crippen LogP contribution in [0.3, 0.4) is 0 Å². The largest absolute Gasteiger partial charge is 0.493 e. The molecule has 1 aromatic carbocycles. The number of hydrogen-bond donors (Lipinski definition) is 2. The van der Waals surface area contributed by atoms with E-state index in [4.69, 9.17) is 10.5 Å². The van der Waals surface area contributed by atoms with E-state index < -0.39 is 5.54 Å². The number of nitrogens with one attached hydrogen (secondary N) is 1. The molecule has 4 nitrogen and oxygen atoms in total. The van der Waals surface area contributed by atoms with Crippen LogP contribution >= 0.6 is 0 Å². The van der Waals surface area contributed by atoms with Gasteiger partial charge in [0.15, 0.2) is 0 Å². The van der Waals surface area contributed by atoms with Crippen molar-refractivity contribution in [1.82, 2.24) is 5.32 Å². The van der Waals surface area contributed by atoms with E-state index in [0.29, 0.717) is 18.9 Å².